The fraction of sp³-hybridized carbons (Fsp3) is 0.0435. The van der Waals surface area contributed by atoms with Gasteiger partial charge in [0.1, 0.15) is 11.3 Å². The molecule has 2 aromatic carbocycles. The molecule has 31 heavy (non-hydrogen) atoms. The van der Waals surface area contributed by atoms with E-state index in [2.05, 4.69) is 20.6 Å². The van der Waals surface area contributed by atoms with Gasteiger partial charge in [-0.3, -0.25) is 14.9 Å². The number of rotatable bonds is 6. The second kappa shape index (κ2) is 9.19. The van der Waals surface area contributed by atoms with Crippen LogP contribution in [0.15, 0.2) is 78.3 Å². The van der Waals surface area contributed by atoms with Crippen molar-refractivity contribution < 1.29 is 14.3 Å². The molecule has 7 nitrogen and oxygen atoms in total. The predicted molar refractivity (Wildman–Crippen MR) is 121 cm³/mol. The topological polar surface area (TPSA) is 93.2 Å². The van der Waals surface area contributed by atoms with E-state index in [1.165, 1.54) is 18.3 Å². The van der Waals surface area contributed by atoms with E-state index >= 15 is 0 Å². The van der Waals surface area contributed by atoms with Gasteiger partial charge in [0.25, 0.3) is 5.91 Å². The molecule has 0 aliphatic heterocycles. The van der Waals surface area contributed by atoms with Crippen molar-refractivity contribution in [1.29, 1.82) is 0 Å². The van der Waals surface area contributed by atoms with Crippen LogP contribution in [0.3, 0.4) is 0 Å². The van der Waals surface area contributed by atoms with Gasteiger partial charge in [-0.1, -0.05) is 30.3 Å². The fourth-order valence-corrected chi connectivity index (χ4v) is 3.52. The second-order valence-corrected chi connectivity index (χ2v) is 7.38. The Morgan fingerprint density at radius 1 is 0.935 bits per heavy atom. The van der Waals surface area contributed by atoms with E-state index in [0.717, 1.165) is 11.3 Å². The molecule has 154 valence electrons. The molecule has 0 saturated carbocycles. The monoisotopic (exact) mass is 430 g/mol. The summed E-state index contributed by atoms with van der Waals surface area (Å²) in [4.78, 5) is 32.6. The van der Waals surface area contributed by atoms with Crippen molar-refractivity contribution in [2.75, 3.05) is 10.6 Å². The molecule has 0 radical (unpaired) electrons. The van der Waals surface area contributed by atoms with Gasteiger partial charge in [-0.05, 0) is 36.4 Å². The van der Waals surface area contributed by atoms with Gasteiger partial charge in [0.15, 0.2) is 5.13 Å². The summed E-state index contributed by atoms with van der Waals surface area (Å²) in [7, 11) is 0. The van der Waals surface area contributed by atoms with Gasteiger partial charge >= 0.3 is 0 Å². The Balaban J connectivity index is 1.48. The molecular weight excluding hydrogens is 412 g/mol. The number of benzene rings is 2. The van der Waals surface area contributed by atoms with Gasteiger partial charge in [0.2, 0.25) is 11.8 Å². The summed E-state index contributed by atoms with van der Waals surface area (Å²) in [6, 6.07) is 19.8. The van der Waals surface area contributed by atoms with Gasteiger partial charge in [-0.25, -0.2) is 9.97 Å². The van der Waals surface area contributed by atoms with Crippen molar-refractivity contribution in [2.24, 2.45) is 0 Å². The van der Waals surface area contributed by atoms with Crippen molar-refractivity contribution in [3.05, 3.63) is 83.9 Å². The largest absolute Gasteiger partial charge is 0.438 e. The van der Waals surface area contributed by atoms with Gasteiger partial charge in [-0.15, -0.1) is 11.3 Å². The number of nitrogens with one attached hydrogen (secondary N) is 2. The number of carbonyl (C=O) groups is 2. The average Bonchev–Trinajstić information content (AvgIpc) is 3.23. The summed E-state index contributed by atoms with van der Waals surface area (Å²) in [5.74, 6) is 0.324. The SMILES string of the molecule is CC(=O)Nc1ccc(-c2csc(NC(=O)c3cccnc3Oc3ccccc3)n2)cc1. The van der Waals surface area contributed by atoms with Crippen LogP contribution >= 0.6 is 11.3 Å². The van der Waals surface area contributed by atoms with Crippen molar-refractivity contribution in [2.45, 2.75) is 6.92 Å². The molecule has 8 heteroatoms. The summed E-state index contributed by atoms with van der Waals surface area (Å²) in [6.45, 7) is 1.46. The number of hydrogen-bond donors (Lipinski definition) is 2. The third kappa shape index (κ3) is 5.12. The minimum atomic E-state index is -0.360. The number of pyridine rings is 1. The van der Waals surface area contributed by atoms with Crippen LogP contribution in [-0.2, 0) is 4.79 Å². The molecule has 2 amide bonds. The summed E-state index contributed by atoms with van der Waals surface area (Å²) in [6.07, 6.45) is 1.57. The summed E-state index contributed by atoms with van der Waals surface area (Å²) in [5, 5.41) is 7.84. The first-order chi connectivity index (χ1) is 15.1. The second-order valence-electron chi connectivity index (χ2n) is 6.52. The minimum absolute atomic E-state index is 0.127. The molecule has 0 spiro atoms. The first-order valence-electron chi connectivity index (χ1n) is 9.41. The van der Waals surface area contributed by atoms with E-state index in [0.29, 0.717) is 22.1 Å². The van der Waals surface area contributed by atoms with E-state index in [1.54, 1.807) is 42.6 Å². The highest BCUT2D eigenvalue weighted by Gasteiger charge is 2.16. The molecule has 2 aromatic heterocycles. The molecule has 0 fully saturated rings. The van der Waals surface area contributed by atoms with Crippen LogP contribution in [0.1, 0.15) is 17.3 Å². The highest BCUT2D eigenvalue weighted by Crippen LogP contribution is 2.28. The summed E-state index contributed by atoms with van der Waals surface area (Å²) in [5.41, 5.74) is 2.62. The molecule has 0 atom stereocenters. The highest BCUT2D eigenvalue weighted by atomic mass is 32.1. The van der Waals surface area contributed by atoms with E-state index in [1.807, 2.05) is 35.7 Å². The number of ether oxygens (including phenoxy) is 1. The Labute approximate surface area is 182 Å². The number of nitrogens with zero attached hydrogens (tertiary/aromatic N) is 2. The average molecular weight is 430 g/mol. The lowest BCUT2D eigenvalue weighted by Crippen LogP contribution is -2.13. The van der Waals surface area contributed by atoms with Crippen molar-refractivity contribution >= 4 is 34.0 Å². The summed E-state index contributed by atoms with van der Waals surface area (Å²) >= 11 is 1.32. The van der Waals surface area contributed by atoms with Gasteiger partial charge in [0.05, 0.1) is 5.69 Å². The maximum absolute atomic E-state index is 12.8. The molecular formula is C23H18N4O3S. The normalized spacial score (nSPS) is 10.4. The Kier molecular flexibility index (Phi) is 6.00. The molecule has 0 saturated heterocycles. The van der Waals surface area contributed by atoms with Crippen LogP contribution in [0.25, 0.3) is 11.3 Å². The fourth-order valence-electron chi connectivity index (χ4n) is 2.80. The number of aromatic nitrogens is 2. The van der Waals surface area contributed by atoms with Gasteiger partial charge < -0.3 is 10.1 Å². The Morgan fingerprint density at radius 2 is 1.71 bits per heavy atom. The van der Waals surface area contributed by atoms with E-state index < -0.39 is 0 Å². The Morgan fingerprint density at radius 3 is 2.45 bits per heavy atom. The lowest BCUT2D eigenvalue weighted by Gasteiger charge is -2.09. The minimum Gasteiger partial charge on any atom is -0.438 e. The van der Waals surface area contributed by atoms with Crippen LogP contribution in [0.4, 0.5) is 10.8 Å². The molecule has 2 N–H and O–H groups in total. The number of amides is 2. The maximum atomic E-state index is 12.8. The zero-order valence-corrected chi connectivity index (χ0v) is 17.3. The Hall–Kier alpha value is -4.04. The van der Waals surface area contributed by atoms with Crippen LogP contribution < -0.4 is 15.4 Å². The molecule has 0 aliphatic rings. The molecule has 4 rings (SSSR count). The van der Waals surface area contributed by atoms with E-state index in [-0.39, 0.29) is 17.7 Å². The third-order valence-electron chi connectivity index (χ3n) is 4.20. The number of carbonyl (C=O) groups excluding carboxylic acids is 2. The molecule has 0 bridgehead atoms. The lowest BCUT2D eigenvalue weighted by molar-refractivity contribution is -0.114. The van der Waals surface area contributed by atoms with E-state index in [9.17, 15) is 9.59 Å². The number of para-hydroxylation sites is 1. The smallest absolute Gasteiger partial charge is 0.262 e. The van der Waals surface area contributed by atoms with E-state index in [4.69, 9.17) is 4.74 Å². The highest BCUT2D eigenvalue weighted by molar-refractivity contribution is 7.14. The molecule has 2 heterocycles. The molecule has 4 aromatic rings. The summed E-state index contributed by atoms with van der Waals surface area (Å²) < 4.78 is 5.76. The lowest BCUT2D eigenvalue weighted by atomic mass is 10.1. The molecule has 0 aliphatic carbocycles. The van der Waals surface area contributed by atoms with Crippen LogP contribution in [0.2, 0.25) is 0 Å². The quantitative estimate of drug-likeness (QED) is 0.438. The molecule has 0 unspecified atom stereocenters. The number of hydrogen-bond acceptors (Lipinski definition) is 6. The van der Waals surface area contributed by atoms with Gasteiger partial charge in [0, 0.05) is 29.8 Å². The number of anilines is 2. The van der Waals surface area contributed by atoms with Crippen LogP contribution in [-0.4, -0.2) is 21.8 Å². The maximum Gasteiger partial charge on any atom is 0.262 e. The van der Waals surface area contributed by atoms with Crippen LogP contribution in [0, 0.1) is 0 Å². The van der Waals surface area contributed by atoms with Gasteiger partial charge in [-0.2, -0.15) is 0 Å². The zero-order valence-electron chi connectivity index (χ0n) is 16.5. The van der Waals surface area contributed by atoms with Crippen molar-refractivity contribution in [3.8, 4) is 22.9 Å². The number of thiazole rings is 1. The third-order valence-corrected chi connectivity index (χ3v) is 4.96. The van der Waals surface area contributed by atoms with Crippen LogP contribution in [0.5, 0.6) is 11.6 Å². The predicted octanol–water partition coefficient (Wildman–Crippen LogP) is 5.21. The first-order valence-corrected chi connectivity index (χ1v) is 10.3. The van der Waals surface area contributed by atoms with Crippen molar-refractivity contribution in [3.63, 3.8) is 0 Å². The Bertz CT molecular complexity index is 1210. The standard InChI is InChI=1S/C23H18N4O3S/c1-15(28)25-17-11-9-16(10-12-17)20-14-31-23(26-20)27-21(29)19-8-5-13-24-22(19)30-18-6-3-2-4-7-18/h2-14H,1H3,(H,25,28)(H,26,27,29). The first kappa shape index (κ1) is 20.2. The zero-order chi connectivity index (χ0) is 21.6. The van der Waals surface area contributed by atoms with Crippen molar-refractivity contribution in [1.82, 2.24) is 9.97 Å².